The van der Waals surface area contributed by atoms with E-state index in [-0.39, 0.29) is 11.8 Å². The van der Waals surface area contributed by atoms with E-state index in [2.05, 4.69) is 10.2 Å². The number of hydrogen-bond donors (Lipinski definition) is 1. The number of hydrogen-bond acceptors (Lipinski definition) is 5. The highest BCUT2D eigenvalue weighted by molar-refractivity contribution is 7.08. The van der Waals surface area contributed by atoms with Crippen molar-refractivity contribution in [2.24, 2.45) is 0 Å². The molecular formula is C21H26ClN3O3S. The van der Waals surface area contributed by atoms with Gasteiger partial charge in [-0.15, -0.1) is 0 Å². The first-order valence-electron chi connectivity index (χ1n) is 9.62. The summed E-state index contributed by atoms with van der Waals surface area (Å²) in [5, 5.41) is 7.30. The van der Waals surface area contributed by atoms with Crippen molar-refractivity contribution in [1.29, 1.82) is 0 Å². The molecule has 1 aliphatic heterocycles. The number of nitrogens with zero attached hydrogens (tertiary/aromatic N) is 2. The molecule has 1 saturated heterocycles. The average molecular weight is 436 g/mol. The summed E-state index contributed by atoms with van der Waals surface area (Å²) in [6, 6.07) is 8.83. The second-order valence-electron chi connectivity index (χ2n) is 7.47. The number of thiophene rings is 1. The van der Waals surface area contributed by atoms with Gasteiger partial charge >= 0.3 is 0 Å². The van der Waals surface area contributed by atoms with Gasteiger partial charge in [-0.25, -0.2) is 0 Å². The van der Waals surface area contributed by atoms with Crippen LogP contribution in [0.1, 0.15) is 24.2 Å². The Hall–Kier alpha value is -2.09. The third kappa shape index (κ3) is 5.95. The van der Waals surface area contributed by atoms with Gasteiger partial charge in [0.1, 0.15) is 5.75 Å². The number of amides is 2. The summed E-state index contributed by atoms with van der Waals surface area (Å²) in [7, 11) is 0. The van der Waals surface area contributed by atoms with Crippen molar-refractivity contribution in [2.75, 3.05) is 39.3 Å². The predicted molar refractivity (Wildman–Crippen MR) is 116 cm³/mol. The van der Waals surface area contributed by atoms with Crippen LogP contribution in [0.15, 0.2) is 41.1 Å². The van der Waals surface area contributed by atoms with Gasteiger partial charge in [-0.3, -0.25) is 14.5 Å². The molecule has 0 unspecified atom stereocenters. The molecule has 0 radical (unpaired) electrons. The van der Waals surface area contributed by atoms with Crippen molar-refractivity contribution >= 4 is 34.8 Å². The highest BCUT2D eigenvalue weighted by Crippen LogP contribution is 2.23. The zero-order chi connectivity index (χ0) is 20.9. The number of nitrogens with one attached hydrogen (secondary N) is 1. The molecule has 0 atom stereocenters. The van der Waals surface area contributed by atoms with Gasteiger partial charge in [-0.2, -0.15) is 11.3 Å². The summed E-state index contributed by atoms with van der Waals surface area (Å²) >= 11 is 7.41. The fourth-order valence-corrected chi connectivity index (χ4v) is 3.98. The van der Waals surface area contributed by atoms with Gasteiger partial charge in [0.15, 0.2) is 5.60 Å². The number of piperazine rings is 1. The molecule has 8 heteroatoms. The largest absolute Gasteiger partial charge is 0.478 e. The fourth-order valence-electron chi connectivity index (χ4n) is 3.22. The second kappa shape index (κ2) is 9.61. The molecule has 0 aliphatic carbocycles. The Balaban J connectivity index is 1.42. The summed E-state index contributed by atoms with van der Waals surface area (Å²) in [5.74, 6) is 0.548. The third-order valence-corrected chi connectivity index (χ3v) is 5.79. The number of halogens is 1. The van der Waals surface area contributed by atoms with Crippen LogP contribution >= 0.6 is 22.9 Å². The van der Waals surface area contributed by atoms with Crippen LogP contribution in [0.25, 0.3) is 0 Å². The molecule has 6 nitrogen and oxygen atoms in total. The van der Waals surface area contributed by atoms with Gasteiger partial charge in [-0.1, -0.05) is 11.6 Å². The molecular weight excluding hydrogens is 410 g/mol. The molecule has 1 aromatic heterocycles. The number of carbonyl (C=O) groups excluding carboxylic acids is 2. The van der Waals surface area contributed by atoms with Crippen LogP contribution in [0.4, 0.5) is 0 Å². The first kappa shape index (κ1) is 21.6. The van der Waals surface area contributed by atoms with Gasteiger partial charge in [0, 0.05) is 55.2 Å². The Kier molecular flexibility index (Phi) is 7.16. The number of benzene rings is 1. The summed E-state index contributed by atoms with van der Waals surface area (Å²) in [4.78, 5) is 29.0. The summed E-state index contributed by atoms with van der Waals surface area (Å²) in [5.41, 5.74) is -0.252. The molecule has 29 heavy (non-hydrogen) atoms. The molecule has 1 aromatic carbocycles. The Morgan fingerprint density at radius 2 is 1.83 bits per heavy atom. The molecule has 0 bridgehead atoms. The van der Waals surface area contributed by atoms with Crippen molar-refractivity contribution in [3.8, 4) is 5.75 Å². The highest BCUT2D eigenvalue weighted by Gasteiger charge is 2.35. The van der Waals surface area contributed by atoms with Gasteiger partial charge in [0.2, 0.25) is 0 Å². The normalized spacial score (nSPS) is 15.2. The van der Waals surface area contributed by atoms with E-state index in [4.69, 9.17) is 16.3 Å². The van der Waals surface area contributed by atoms with Gasteiger partial charge < -0.3 is 15.0 Å². The Labute approximate surface area is 180 Å². The third-order valence-electron chi connectivity index (χ3n) is 4.86. The quantitative estimate of drug-likeness (QED) is 0.725. The lowest BCUT2D eigenvalue weighted by molar-refractivity contribution is -0.147. The minimum Gasteiger partial charge on any atom is -0.478 e. The van der Waals surface area contributed by atoms with Crippen LogP contribution in [0, 0.1) is 0 Å². The lowest BCUT2D eigenvalue weighted by Crippen LogP contribution is -2.56. The molecule has 2 amide bonds. The Morgan fingerprint density at radius 3 is 2.45 bits per heavy atom. The van der Waals surface area contributed by atoms with E-state index in [1.165, 1.54) is 11.3 Å². The van der Waals surface area contributed by atoms with Crippen molar-refractivity contribution in [2.45, 2.75) is 19.4 Å². The molecule has 1 aliphatic rings. The summed E-state index contributed by atoms with van der Waals surface area (Å²) in [6.07, 6.45) is 0. The zero-order valence-corrected chi connectivity index (χ0v) is 18.3. The first-order valence-corrected chi connectivity index (χ1v) is 10.9. The van der Waals surface area contributed by atoms with E-state index in [0.717, 1.165) is 19.6 Å². The van der Waals surface area contributed by atoms with Crippen molar-refractivity contribution in [1.82, 2.24) is 15.1 Å². The standard InChI is InChI=1S/C21H26ClN3O3S/c1-21(2,28-18-5-3-17(22)4-6-18)20(27)25-12-10-24(11-13-25)9-8-23-19(26)16-7-14-29-15-16/h3-7,14-15H,8-13H2,1-2H3,(H,23,26). The molecule has 0 saturated carbocycles. The number of rotatable bonds is 7. The smallest absolute Gasteiger partial charge is 0.266 e. The average Bonchev–Trinajstić information content (AvgIpc) is 3.24. The lowest BCUT2D eigenvalue weighted by atomic mass is 10.1. The maximum absolute atomic E-state index is 12.9. The molecule has 3 rings (SSSR count). The minimum atomic E-state index is -0.954. The van der Waals surface area contributed by atoms with E-state index < -0.39 is 5.60 Å². The van der Waals surface area contributed by atoms with Crippen LogP contribution in [0.5, 0.6) is 5.75 Å². The molecule has 2 aromatic rings. The molecule has 1 N–H and O–H groups in total. The molecule has 156 valence electrons. The van der Waals surface area contributed by atoms with Crippen LogP contribution in [0.3, 0.4) is 0 Å². The first-order chi connectivity index (χ1) is 13.8. The number of carbonyl (C=O) groups is 2. The highest BCUT2D eigenvalue weighted by atomic mass is 35.5. The zero-order valence-electron chi connectivity index (χ0n) is 16.7. The van der Waals surface area contributed by atoms with E-state index in [0.29, 0.717) is 36.0 Å². The topological polar surface area (TPSA) is 61.9 Å². The van der Waals surface area contributed by atoms with Gasteiger partial charge in [-0.05, 0) is 49.6 Å². The van der Waals surface area contributed by atoms with E-state index >= 15 is 0 Å². The van der Waals surface area contributed by atoms with Gasteiger partial charge in [0.05, 0.1) is 0 Å². The van der Waals surface area contributed by atoms with Gasteiger partial charge in [0.25, 0.3) is 11.8 Å². The van der Waals surface area contributed by atoms with E-state index in [9.17, 15) is 9.59 Å². The maximum Gasteiger partial charge on any atom is 0.266 e. The van der Waals surface area contributed by atoms with Crippen LogP contribution in [-0.2, 0) is 4.79 Å². The van der Waals surface area contributed by atoms with Crippen LogP contribution < -0.4 is 10.1 Å². The monoisotopic (exact) mass is 435 g/mol. The number of ether oxygens (including phenoxy) is 1. The van der Waals surface area contributed by atoms with Crippen molar-refractivity contribution < 1.29 is 14.3 Å². The molecule has 2 heterocycles. The predicted octanol–water partition coefficient (Wildman–Crippen LogP) is 3.13. The van der Waals surface area contributed by atoms with Crippen molar-refractivity contribution in [3.05, 3.63) is 51.7 Å². The fraction of sp³-hybridized carbons (Fsp3) is 0.429. The van der Waals surface area contributed by atoms with E-state index in [1.807, 2.05) is 21.7 Å². The Morgan fingerprint density at radius 1 is 1.14 bits per heavy atom. The summed E-state index contributed by atoms with van der Waals surface area (Å²) in [6.45, 7) is 7.77. The molecule has 0 spiro atoms. The van der Waals surface area contributed by atoms with Crippen LogP contribution in [-0.4, -0.2) is 66.5 Å². The Bertz CT molecular complexity index is 816. The SMILES string of the molecule is CC(C)(Oc1ccc(Cl)cc1)C(=O)N1CCN(CCNC(=O)c2ccsc2)CC1. The molecule has 1 fully saturated rings. The lowest BCUT2D eigenvalue weighted by Gasteiger charge is -2.38. The maximum atomic E-state index is 12.9. The minimum absolute atomic E-state index is 0.0298. The van der Waals surface area contributed by atoms with E-state index in [1.54, 1.807) is 38.1 Å². The van der Waals surface area contributed by atoms with Crippen molar-refractivity contribution in [3.63, 3.8) is 0 Å². The summed E-state index contributed by atoms with van der Waals surface area (Å²) < 4.78 is 5.92. The van der Waals surface area contributed by atoms with Crippen LogP contribution in [0.2, 0.25) is 5.02 Å². The second-order valence-corrected chi connectivity index (χ2v) is 8.68.